The predicted molar refractivity (Wildman–Crippen MR) is 103 cm³/mol. The number of benzene rings is 2. The van der Waals surface area contributed by atoms with Crippen molar-refractivity contribution in [1.82, 2.24) is 4.90 Å². The molecule has 1 aliphatic heterocycles. The van der Waals surface area contributed by atoms with E-state index < -0.39 is 0 Å². The van der Waals surface area contributed by atoms with E-state index in [4.69, 9.17) is 9.47 Å². The maximum atomic E-state index is 12.4. The molecule has 2 aromatic carbocycles. The summed E-state index contributed by atoms with van der Waals surface area (Å²) in [5.41, 5.74) is 1.20. The number of ether oxygens (including phenoxy) is 2. The van der Waals surface area contributed by atoms with Crippen LogP contribution in [0.25, 0.3) is 0 Å². The van der Waals surface area contributed by atoms with Crippen LogP contribution in [0.15, 0.2) is 48.5 Å². The van der Waals surface area contributed by atoms with Crippen LogP contribution in [-0.4, -0.2) is 30.5 Å². The number of aryl methyl sites for hydroxylation is 1. The Bertz CT molecular complexity index is 714. The molecule has 4 nitrogen and oxygen atoms in total. The van der Waals surface area contributed by atoms with Gasteiger partial charge in [0.05, 0.1) is 0 Å². The first-order valence-electron chi connectivity index (χ1n) is 9.25. The third kappa shape index (κ3) is 5.01. The summed E-state index contributed by atoms with van der Waals surface area (Å²) in [6.07, 6.45) is 1.19. The van der Waals surface area contributed by atoms with Crippen LogP contribution in [0.3, 0.4) is 0 Å². The Balaban J connectivity index is 1.51. The summed E-state index contributed by atoms with van der Waals surface area (Å²) >= 11 is 0. The number of piperidine rings is 1. The van der Waals surface area contributed by atoms with Gasteiger partial charge in [-0.1, -0.05) is 31.5 Å². The summed E-state index contributed by atoms with van der Waals surface area (Å²) in [4.78, 5) is 14.3. The van der Waals surface area contributed by atoms with Crippen LogP contribution < -0.4 is 9.47 Å². The van der Waals surface area contributed by atoms with Gasteiger partial charge in [-0.3, -0.25) is 4.79 Å². The topological polar surface area (TPSA) is 38.8 Å². The maximum absolute atomic E-state index is 12.4. The van der Waals surface area contributed by atoms with E-state index in [2.05, 4.69) is 13.8 Å². The number of hydrogen-bond donors (Lipinski definition) is 0. The molecule has 3 rings (SSSR count). The van der Waals surface area contributed by atoms with E-state index in [1.165, 1.54) is 12.0 Å². The van der Waals surface area contributed by atoms with Gasteiger partial charge in [-0.25, -0.2) is 0 Å². The summed E-state index contributed by atoms with van der Waals surface area (Å²) in [5, 5.41) is 0. The standard InChI is InChI=1S/C22H27NO3/c1-16-4-6-20(7-5-16)26-21-10-8-19(9-11-21)25-15-22(24)23-13-17(2)12-18(3)14-23/h4-11,17-18H,12-15H2,1-3H3. The second kappa shape index (κ2) is 8.26. The first-order chi connectivity index (χ1) is 12.5. The van der Waals surface area contributed by atoms with Gasteiger partial charge in [-0.05, 0) is 61.6 Å². The molecule has 138 valence electrons. The number of amides is 1. The molecular formula is C22H27NO3. The van der Waals surface area contributed by atoms with Gasteiger partial charge in [-0.2, -0.15) is 0 Å². The highest BCUT2D eigenvalue weighted by molar-refractivity contribution is 5.77. The van der Waals surface area contributed by atoms with E-state index in [1.54, 1.807) is 0 Å². The minimum atomic E-state index is 0.0587. The number of hydrogen-bond acceptors (Lipinski definition) is 3. The monoisotopic (exact) mass is 353 g/mol. The molecule has 1 saturated heterocycles. The average Bonchev–Trinajstić information content (AvgIpc) is 2.62. The van der Waals surface area contributed by atoms with Gasteiger partial charge < -0.3 is 14.4 Å². The Morgan fingerprint density at radius 3 is 2.00 bits per heavy atom. The molecule has 0 saturated carbocycles. The molecule has 2 atom stereocenters. The molecule has 2 aromatic rings. The van der Waals surface area contributed by atoms with Crippen LogP contribution in [0.2, 0.25) is 0 Å². The minimum Gasteiger partial charge on any atom is -0.484 e. The second-order valence-electron chi connectivity index (χ2n) is 7.42. The zero-order valence-corrected chi connectivity index (χ0v) is 15.8. The molecule has 1 amide bonds. The summed E-state index contributed by atoms with van der Waals surface area (Å²) in [6.45, 7) is 8.18. The predicted octanol–water partition coefficient (Wildman–Crippen LogP) is 4.67. The molecule has 0 spiro atoms. The van der Waals surface area contributed by atoms with Gasteiger partial charge >= 0.3 is 0 Å². The number of rotatable bonds is 5. The third-order valence-electron chi connectivity index (χ3n) is 4.66. The van der Waals surface area contributed by atoms with Crippen LogP contribution in [0.4, 0.5) is 0 Å². The summed E-state index contributed by atoms with van der Waals surface area (Å²) in [5.74, 6) is 3.39. The number of nitrogens with zero attached hydrogens (tertiary/aromatic N) is 1. The third-order valence-corrected chi connectivity index (χ3v) is 4.66. The molecule has 0 bridgehead atoms. The van der Waals surface area contributed by atoms with Crippen molar-refractivity contribution < 1.29 is 14.3 Å². The number of carbonyl (C=O) groups is 1. The molecule has 0 aromatic heterocycles. The van der Waals surface area contributed by atoms with Crippen LogP contribution in [0.1, 0.15) is 25.8 Å². The molecule has 26 heavy (non-hydrogen) atoms. The largest absolute Gasteiger partial charge is 0.484 e. The van der Waals surface area contributed by atoms with Gasteiger partial charge in [0.15, 0.2) is 6.61 Å². The van der Waals surface area contributed by atoms with Gasteiger partial charge in [0.25, 0.3) is 5.91 Å². The lowest BCUT2D eigenvalue weighted by molar-refractivity contribution is -0.136. The smallest absolute Gasteiger partial charge is 0.260 e. The average molecular weight is 353 g/mol. The summed E-state index contributed by atoms with van der Waals surface area (Å²) in [7, 11) is 0. The van der Waals surface area contributed by atoms with Gasteiger partial charge in [0.1, 0.15) is 17.2 Å². The molecule has 1 fully saturated rings. The Labute approximate surface area is 155 Å². The highest BCUT2D eigenvalue weighted by Gasteiger charge is 2.25. The highest BCUT2D eigenvalue weighted by Crippen LogP contribution is 2.24. The van der Waals surface area contributed by atoms with Crippen molar-refractivity contribution in [2.75, 3.05) is 19.7 Å². The fraction of sp³-hybridized carbons (Fsp3) is 0.409. The van der Waals surface area contributed by atoms with Crippen molar-refractivity contribution in [3.05, 3.63) is 54.1 Å². The van der Waals surface area contributed by atoms with Crippen LogP contribution in [-0.2, 0) is 4.79 Å². The first-order valence-corrected chi connectivity index (χ1v) is 9.25. The Morgan fingerprint density at radius 1 is 0.923 bits per heavy atom. The zero-order valence-electron chi connectivity index (χ0n) is 15.8. The number of likely N-dealkylation sites (tertiary alicyclic amines) is 1. The lowest BCUT2D eigenvalue weighted by Gasteiger charge is -2.34. The number of carbonyl (C=O) groups excluding carboxylic acids is 1. The first kappa shape index (κ1) is 18.3. The Hall–Kier alpha value is -2.49. The van der Waals surface area contributed by atoms with Gasteiger partial charge in [0, 0.05) is 13.1 Å². The fourth-order valence-electron chi connectivity index (χ4n) is 3.45. The summed E-state index contributed by atoms with van der Waals surface area (Å²) < 4.78 is 11.5. The molecule has 0 radical (unpaired) electrons. The molecular weight excluding hydrogens is 326 g/mol. The van der Waals surface area contributed by atoms with Crippen LogP contribution in [0.5, 0.6) is 17.2 Å². The zero-order chi connectivity index (χ0) is 18.5. The second-order valence-corrected chi connectivity index (χ2v) is 7.42. The SMILES string of the molecule is Cc1ccc(Oc2ccc(OCC(=O)N3CC(C)CC(C)C3)cc2)cc1. The Kier molecular flexibility index (Phi) is 5.82. The maximum Gasteiger partial charge on any atom is 0.260 e. The van der Waals surface area contributed by atoms with Crippen molar-refractivity contribution in [3.8, 4) is 17.2 Å². The normalized spacial score (nSPS) is 19.9. The molecule has 4 heteroatoms. The van der Waals surface area contributed by atoms with Crippen molar-refractivity contribution in [2.24, 2.45) is 11.8 Å². The lowest BCUT2D eigenvalue weighted by atomic mass is 9.92. The quantitative estimate of drug-likeness (QED) is 0.784. The minimum absolute atomic E-state index is 0.0587. The summed E-state index contributed by atoms with van der Waals surface area (Å²) in [6, 6.07) is 15.3. The van der Waals surface area contributed by atoms with E-state index in [0.717, 1.165) is 24.6 Å². The van der Waals surface area contributed by atoms with Crippen molar-refractivity contribution in [2.45, 2.75) is 27.2 Å². The van der Waals surface area contributed by atoms with Crippen molar-refractivity contribution >= 4 is 5.91 Å². The van der Waals surface area contributed by atoms with E-state index in [9.17, 15) is 4.79 Å². The van der Waals surface area contributed by atoms with Crippen molar-refractivity contribution in [3.63, 3.8) is 0 Å². The van der Waals surface area contributed by atoms with E-state index in [0.29, 0.717) is 17.6 Å². The highest BCUT2D eigenvalue weighted by atomic mass is 16.5. The molecule has 1 aliphatic rings. The fourth-order valence-corrected chi connectivity index (χ4v) is 3.45. The van der Waals surface area contributed by atoms with Crippen molar-refractivity contribution in [1.29, 1.82) is 0 Å². The lowest BCUT2D eigenvalue weighted by Crippen LogP contribution is -2.44. The molecule has 1 heterocycles. The molecule has 0 aliphatic carbocycles. The Morgan fingerprint density at radius 2 is 1.42 bits per heavy atom. The van der Waals surface area contributed by atoms with E-state index in [1.807, 2.05) is 60.4 Å². The van der Waals surface area contributed by atoms with E-state index >= 15 is 0 Å². The van der Waals surface area contributed by atoms with Gasteiger partial charge in [0.2, 0.25) is 0 Å². The molecule has 0 N–H and O–H groups in total. The van der Waals surface area contributed by atoms with Gasteiger partial charge in [-0.15, -0.1) is 0 Å². The van der Waals surface area contributed by atoms with Crippen LogP contribution in [0, 0.1) is 18.8 Å². The van der Waals surface area contributed by atoms with Crippen LogP contribution >= 0.6 is 0 Å². The van der Waals surface area contributed by atoms with E-state index in [-0.39, 0.29) is 12.5 Å². The molecule has 2 unspecified atom stereocenters.